The minimum absolute atomic E-state index is 0.0277. The summed E-state index contributed by atoms with van der Waals surface area (Å²) in [6.07, 6.45) is -6.37. The zero-order valence-corrected chi connectivity index (χ0v) is 33.0. The van der Waals surface area contributed by atoms with Gasteiger partial charge in [0.1, 0.15) is 36.3 Å². The maximum atomic E-state index is 13.5. The average molecular weight is 848 g/mol. The molecule has 9 atom stereocenters. The Morgan fingerprint density at radius 3 is 1.42 bits per heavy atom. The van der Waals surface area contributed by atoms with Crippen molar-refractivity contribution in [2.75, 3.05) is 6.54 Å². The third-order valence-electron chi connectivity index (χ3n) is 8.08. The number of carboxylic acid groups (broad SMARTS) is 3. The van der Waals surface area contributed by atoms with E-state index in [1.165, 1.54) is 0 Å². The van der Waals surface area contributed by atoms with Gasteiger partial charge in [0.2, 0.25) is 41.4 Å². The number of carbonyl (C=O) groups is 10. The topological polar surface area (TPSA) is 460 Å². The summed E-state index contributed by atoms with van der Waals surface area (Å²) in [5.41, 5.74) is 21.6. The summed E-state index contributed by atoms with van der Waals surface area (Å²) in [6, 6.07) is -12.0. The molecule has 0 aromatic rings. The fourth-order valence-corrected chi connectivity index (χ4v) is 5.07. The van der Waals surface area contributed by atoms with Crippen LogP contribution in [0.15, 0.2) is 4.99 Å². The number of rotatable bonds is 28. The Kier molecular flexibility index (Phi) is 23.3. The molecule has 334 valence electrons. The average Bonchev–Trinajstić information content (AvgIpc) is 3.10. The molecule has 0 rings (SSSR count). The first-order valence-corrected chi connectivity index (χ1v) is 18.2. The minimum atomic E-state index is -2.00. The van der Waals surface area contributed by atoms with Gasteiger partial charge in [-0.15, -0.1) is 0 Å². The van der Waals surface area contributed by atoms with Crippen LogP contribution in [0.1, 0.15) is 72.6 Å². The summed E-state index contributed by atoms with van der Waals surface area (Å²) < 4.78 is 0. The van der Waals surface area contributed by atoms with Crippen molar-refractivity contribution in [3.63, 3.8) is 0 Å². The maximum Gasteiger partial charge on any atom is 0.326 e. The predicted octanol–water partition coefficient (Wildman–Crippen LogP) is -6.62. The summed E-state index contributed by atoms with van der Waals surface area (Å²) in [4.78, 5) is 129. The van der Waals surface area contributed by atoms with E-state index in [4.69, 9.17) is 28.0 Å². The number of guanidine groups is 1. The molecule has 26 nitrogen and oxygen atoms in total. The number of hydrogen-bond acceptors (Lipinski definition) is 14. The van der Waals surface area contributed by atoms with Crippen molar-refractivity contribution in [1.29, 1.82) is 0 Å². The number of hydrogen-bond donors (Lipinski definition) is 15. The van der Waals surface area contributed by atoms with E-state index >= 15 is 0 Å². The Bertz CT molecular complexity index is 1550. The van der Waals surface area contributed by atoms with Gasteiger partial charge in [0, 0.05) is 13.0 Å². The molecule has 0 bridgehead atoms. The van der Waals surface area contributed by atoms with Crippen LogP contribution >= 0.6 is 0 Å². The van der Waals surface area contributed by atoms with Crippen LogP contribution < -0.4 is 54.8 Å². The molecule has 7 amide bonds. The van der Waals surface area contributed by atoms with Crippen molar-refractivity contribution in [3.8, 4) is 0 Å². The van der Waals surface area contributed by atoms with Gasteiger partial charge >= 0.3 is 17.9 Å². The quantitative estimate of drug-likeness (QED) is 0.0198. The van der Waals surface area contributed by atoms with E-state index in [1.807, 2.05) is 5.32 Å². The lowest BCUT2D eigenvalue weighted by molar-refractivity contribution is -0.144. The number of carboxylic acids is 3. The van der Waals surface area contributed by atoms with Gasteiger partial charge in [-0.25, -0.2) is 4.79 Å². The molecule has 0 saturated heterocycles. The van der Waals surface area contributed by atoms with Gasteiger partial charge < -0.3 is 80.4 Å². The van der Waals surface area contributed by atoms with E-state index in [2.05, 4.69) is 31.6 Å². The van der Waals surface area contributed by atoms with E-state index < -0.39 is 139 Å². The van der Waals surface area contributed by atoms with Crippen molar-refractivity contribution >= 4 is 65.2 Å². The fourth-order valence-electron chi connectivity index (χ4n) is 5.07. The standard InChI is InChI=1S/C33H57N11O15/c1-13(2)10-18(28(54)43-24(14(3)45)30(56)39-17(32(58)59)7-8-22(48)49)42-31(57)25(15(4)46)44-29(55)20(12-23(50)51)41-27(53)19(11-21(35)47)40-26(52)16(34)6-5-9-38-33(36)37/h13-20,24-25,45-46H,5-12,34H2,1-4H3,(H2,35,47)(H,39,56)(H,40,52)(H,41,53)(H,42,57)(H,43,54)(H,44,55)(H,48,49)(H,50,51)(H,58,59)(H4,36,37,38)/t14-,15-,16+,17+,18+,19+,20+,24+,25+/m1/s1. The zero-order valence-electron chi connectivity index (χ0n) is 33.0. The molecule has 59 heavy (non-hydrogen) atoms. The number of primary amides is 1. The third-order valence-corrected chi connectivity index (χ3v) is 8.08. The molecule has 26 heteroatoms. The smallest absolute Gasteiger partial charge is 0.326 e. The van der Waals surface area contributed by atoms with Gasteiger partial charge in [-0.2, -0.15) is 0 Å². The van der Waals surface area contributed by atoms with Crippen LogP contribution in [0.2, 0.25) is 0 Å². The lowest BCUT2D eigenvalue weighted by Crippen LogP contribution is -2.62. The fraction of sp³-hybridized carbons (Fsp3) is 0.667. The van der Waals surface area contributed by atoms with Crippen LogP contribution in [0.3, 0.4) is 0 Å². The molecule has 0 spiro atoms. The van der Waals surface area contributed by atoms with E-state index in [0.29, 0.717) is 0 Å². The number of nitrogens with one attached hydrogen (secondary N) is 6. The van der Waals surface area contributed by atoms with E-state index in [0.717, 1.165) is 13.8 Å². The molecular weight excluding hydrogens is 790 g/mol. The van der Waals surface area contributed by atoms with Crippen molar-refractivity contribution < 1.29 is 73.5 Å². The number of amides is 7. The van der Waals surface area contributed by atoms with E-state index in [9.17, 15) is 68.4 Å². The molecule has 0 radical (unpaired) electrons. The molecule has 0 unspecified atom stereocenters. The number of aliphatic hydroxyl groups is 2. The Morgan fingerprint density at radius 1 is 0.559 bits per heavy atom. The normalized spacial score (nSPS) is 15.5. The van der Waals surface area contributed by atoms with E-state index in [1.54, 1.807) is 13.8 Å². The molecule has 0 aromatic heterocycles. The predicted molar refractivity (Wildman–Crippen MR) is 203 cm³/mol. The third kappa shape index (κ3) is 21.3. The van der Waals surface area contributed by atoms with Gasteiger partial charge in [-0.05, 0) is 45.4 Å². The molecule has 0 saturated carbocycles. The number of nitrogens with zero attached hydrogens (tertiary/aromatic N) is 1. The summed E-state index contributed by atoms with van der Waals surface area (Å²) in [6.45, 7) is 5.51. The number of aliphatic imine (C=N–C) groups is 1. The summed E-state index contributed by atoms with van der Waals surface area (Å²) in [5.74, 6) is -13.3. The van der Waals surface area contributed by atoms with Gasteiger partial charge in [-0.1, -0.05) is 13.8 Å². The highest BCUT2D eigenvalue weighted by atomic mass is 16.4. The summed E-state index contributed by atoms with van der Waals surface area (Å²) in [7, 11) is 0. The van der Waals surface area contributed by atoms with Crippen molar-refractivity contribution in [2.24, 2.45) is 33.8 Å². The lowest BCUT2D eigenvalue weighted by Gasteiger charge is -2.29. The Labute approximate surface area is 338 Å². The zero-order chi connectivity index (χ0) is 45.7. The number of carbonyl (C=O) groups excluding carboxylic acids is 7. The van der Waals surface area contributed by atoms with Crippen molar-refractivity contribution in [3.05, 3.63) is 0 Å². The highest BCUT2D eigenvalue weighted by molar-refractivity contribution is 5.99. The first-order chi connectivity index (χ1) is 27.3. The number of aliphatic hydroxyl groups excluding tert-OH is 2. The van der Waals surface area contributed by atoms with Gasteiger partial charge in [0.15, 0.2) is 5.96 Å². The summed E-state index contributed by atoms with van der Waals surface area (Å²) >= 11 is 0. The summed E-state index contributed by atoms with van der Waals surface area (Å²) in [5, 5.41) is 61.4. The largest absolute Gasteiger partial charge is 0.481 e. The Hall–Kier alpha value is -6.15. The minimum Gasteiger partial charge on any atom is -0.481 e. The van der Waals surface area contributed by atoms with Crippen molar-refractivity contribution in [1.82, 2.24) is 31.9 Å². The molecule has 19 N–H and O–H groups in total. The van der Waals surface area contributed by atoms with Crippen LogP contribution in [-0.4, -0.2) is 152 Å². The monoisotopic (exact) mass is 847 g/mol. The molecule has 0 fully saturated rings. The van der Waals surface area contributed by atoms with Crippen LogP contribution in [0.4, 0.5) is 0 Å². The van der Waals surface area contributed by atoms with E-state index in [-0.39, 0.29) is 37.7 Å². The van der Waals surface area contributed by atoms with Crippen molar-refractivity contribution in [2.45, 2.75) is 127 Å². The second-order valence-electron chi connectivity index (χ2n) is 13.9. The highest BCUT2D eigenvalue weighted by Gasteiger charge is 2.37. The number of aliphatic carboxylic acids is 3. The first kappa shape index (κ1) is 52.8. The maximum absolute atomic E-state index is 13.5. The lowest BCUT2D eigenvalue weighted by atomic mass is 10.0. The van der Waals surface area contributed by atoms with Gasteiger partial charge in [-0.3, -0.25) is 48.1 Å². The molecule has 0 aliphatic heterocycles. The highest BCUT2D eigenvalue weighted by Crippen LogP contribution is 2.09. The molecule has 0 aliphatic carbocycles. The first-order valence-electron chi connectivity index (χ1n) is 18.2. The molecular formula is C33H57N11O15. The second kappa shape index (κ2) is 26.0. The molecule has 0 heterocycles. The van der Waals surface area contributed by atoms with Crippen LogP contribution in [0, 0.1) is 5.92 Å². The molecule has 0 aromatic carbocycles. The van der Waals surface area contributed by atoms with Gasteiger partial charge in [0.05, 0.1) is 31.1 Å². The Morgan fingerprint density at radius 2 is 1.00 bits per heavy atom. The van der Waals surface area contributed by atoms with Crippen LogP contribution in [0.5, 0.6) is 0 Å². The van der Waals surface area contributed by atoms with Gasteiger partial charge in [0.25, 0.3) is 0 Å². The number of nitrogens with two attached hydrogens (primary N) is 4. The van der Waals surface area contributed by atoms with Crippen LogP contribution in [0.25, 0.3) is 0 Å². The Balaban J connectivity index is 6.19. The van der Waals surface area contributed by atoms with Crippen LogP contribution in [-0.2, 0) is 47.9 Å². The molecule has 0 aliphatic rings. The SMILES string of the molecule is CC(C)C[C@H](NC(=O)[C@@H](NC(=O)[C@H](CC(=O)O)NC(=O)[C@H](CC(N)=O)NC(=O)[C@@H](N)CCCN=C(N)N)[C@@H](C)O)C(=O)N[C@H](C(=O)N[C@@H](CCC(=O)O)C(=O)O)[C@@H](C)O. The second-order valence-corrected chi connectivity index (χ2v) is 13.9.